The molecule has 0 unspecified atom stereocenters. The Hall–Kier alpha value is -2.25. The van der Waals surface area contributed by atoms with Crippen LogP contribution in [0.25, 0.3) is 0 Å². The summed E-state index contributed by atoms with van der Waals surface area (Å²) in [6.07, 6.45) is 3.68. The van der Waals surface area contributed by atoms with E-state index in [0.717, 1.165) is 18.5 Å². The molecule has 1 aliphatic heterocycles. The van der Waals surface area contributed by atoms with E-state index in [1.54, 1.807) is 24.3 Å². The van der Waals surface area contributed by atoms with Crippen LogP contribution in [0.4, 0.5) is 5.69 Å². The molecule has 2 aromatic rings. The second-order valence-electron chi connectivity index (χ2n) is 6.55. The molecule has 1 atom stereocenters. The van der Waals surface area contributed by atoms with Crippen molar-refractivity contribution in [2.75, 3.05) is 18.4 Å². The molecule has 138 valence electrons. The zero-order valence-electron chi connectivity index (χ0n) is 15.1. The van der Waals surface area contributed by atoms with E-state index in [1.807, 2.05) is 42.8 Å². The topological polar surface area (TPSA) is 70.4 Å². The number of aryl methyl sites for hydroxylation is 1. The summed E-state index contributed by atoms with van der Waals surface area (Å²) in [5, 5.41) is 2.85. The minimum absolute atomic E-state index is 0.153. The van der Waals surface area contributed by atoms with Gasteiger partial charge in [-0.3, -0.25) is 4.79 Å². The summed E-state index contributed by atoms with van der Waals surface area (Å²) in [4.78, 5) is 12.8. The number of carbonyl (C=O) groups is 1. The van der Waals surface area contributed by atoms with E-state index in [0.29, 0.717) is 18.8 Å². The number of anilines is 1. The Labute approximate surface area is 154 Å². The van der Waals surface area contributed by atoms with Gasteiger partial charge in [0, 0.05) is 44.8 Å². The largest absolute Gasteiger partial charge is 0.320 e. The number of rotatable bonds is 5. The fourth-order valence-electron chi connectivity index (χ4n) is 3.14. The lowest BCUT2D eigenvalue weighted by atomic mass is 10.2. The third kappa shape index (κ3) is 3.78. The van der Waals surface area contributed by atoms with E-state index in [9.17, 15) is 13.2 Å². The summed E-state index contributed by atoms with van der Waals surface area (Å²) in [5.74, 6) is -0.153. The normalized spacial score (nSPS) is 16.4. The Morgan fingerprint density at radius 1 is 1.12 bits per heavy atom. The third-order valence-corrected chi connectivity index (χ3v) is 6.64. The highest BCUT2D eigenvalue weighted by Crippen LogP contribution is 2.22. The molecule has 1 aromatic heterocycles. The summed E-state index contributed by atoms with van der Waals surface area (Å²) in [7, 11) is -3.43. The number of aromatic nitrogens is 1. The molecule has 26 heavy (non-hydrogen) atoms. The molecule has 1 aromatic carbocycles. The number of pyridine rings is 1. The van der Waals surface area contributed by atoms with E-state index in [4.69, 9.17) is 0 Å². The van der Waals surface area contributed by atoms with Crippen LogP contribution in [0.5, 0.6) is 0 Å². The van der Waals surface area contributed by atoms with Crippen molar-refractivity contribution in [1.82, 2.24) is 4.31 Å². The van der Waals surface area contributed by atoms with Gasteiger partial charge >= 0.3 is 0 Å². The minimum atomic E-state index is -3.43. The molecule has 0 saturated carbocycles. The average Bonchev–Trinajstić information content (AvgIpc) is 3.17. The summed E-state index contributed by atoms with van der Waals surface area (Å²) in [6.45, 7) is 4.92. The summed E-state index contributed by atoms with van der Waals surface area (Å²) < 4.78 is 28.5. The summed E-state index contributed by atoms with van der Waals surface area (Å²) in [6, 6.07) is 11.8. The molecular weight excluding hydrogens is 350 g/mol. The van der Waals surface area contributed by atoms with Crippen LogP contribution in [0.15, 0.2) is 53.6 Å². The fraction of sp³-hybridized carbons (Fsp3) is 0.368. The smallest absolute Gasteiger partial charge is 0.293 e. The van der Waals surface area contributed by atoms with Crippen molar-refractivity contribution >= 4 is 21.6 Å². The lowest BCUT2D eigenvalue weighted by molar-refractivity contribution is -0.711. The Morgan fingerprint density at radius 2 is 1.77 bits per heavy atom. The van der Waals surface area contributed by atoms with Gasteiger partial charge in [-0.15, -0.1) is 0 Å². The minimum Gasteiger partial charge on any atom is -0.320 e. The SMILES string of the molecule is Cc1cccc[n+]1[C@H](C)C(=O)Nc1ccc(S(=O)(=O)N2CCCC2)cc1. The Kier molecular flexibility index (Phi) is 5.38. The number of hydrogen-bond donors (Lipinski definition) is 1. The molecule has 0 spiro atoms. The first-order valence-corrected chi connectivity index (χ1v) is 10.2. The molecule has 1 amide bonds. The molecule has 1 aliphatic rings. The lowest BCUT2D eigenvalue weighted by Gasteiger charge is -2.16. The van der Waals surface area contributed by atoms with E-state index in [-0.39, 0.29) is 16.8 Å². The summed E-state index contributed by atoms with van der Waals surface area (Å²) >= 11 is 0. The molecule has 0 radical (unpaired) electrons. The first-order valence-electron chi connectivity index (χ1n) is 8.77. The number of nitrogens with zero attached hydrogens (tertiary/aromatic N) is 2. The van der Waals surface area contributed by atoms with Crippen molar-refractivity contribution in [2.24, 2.45) is 0 Å². The van der Waals surface area contributed by atoms with Crippen molar-refractivity contribution in [3.05, 3.63) is 54.4 Å². The number of sulfonamides is 1. The van der Waals surface area contributed by atoms with Crippen LogP contribution in [-0.2, 0) is 14.8 Å². The van der Waals surface area contributed by atoms with Gasteiger partial charge in [0.1, 0.15) is 0 Å². The molecule has 1 N–H and O–H groups in total. The van der Waals surface area contributed by atoms with Gasteiger partial charge < -0.3 is 5.32 Å². The van der Waals surface area contributed by atoms with Crippen LogP contribution in [0.2, 0.25) is 0 Å². The van der Waals surface area contributed by atoms with Crippen molar-refractivity contribution in [2.45, 2.75) is 37.6 Å². The van der Waals surface area contributed by atoms with Crippen molar-refractivity contribution in [1.29, 1.82) is 0 Å². The van der Waals surface area contributed by atoms with Gasteiger partial charge in [0.05, 0.1) is 4.90 Å². The average molecular weight is 374 g/mol. The van der Waals surface area contributed by atoms with Gasteiger partial charge in [-0.05, 0) is 37.1 Å². The second kappa shape index (κ2) is 7.55. The molecule has 1 saturated heterocycles. The van der Waals surface area contributed by atoms with Gasteiger partial charge in [-0.25, -0.2) is 8.42 Å². The number of carbonyl (C=O) groups excluding carboxylic acids is 1. The Morgan fingerprint density at radius 3 is 2.38 bits per heavy atom. The van der Waals surface area contributed by atoms with Crippen LogP contribution in [0.3, 0.4) is 0 Å². The third-order valence-electron chi connectivity index (χ3n) is 4.72. The predicted molar refractivity (Wildman–Crippen MR) is 99.1 cm³/mol. The zero-order valence-corrected chi connectivity index (χ0v) is 15.9. The van der Waals surface area contributed by atoms with Crippen molar-refractivity contribution in [3.8, 4) is 0 Å². The second-order valence-corrected chi connectivity index (χ2v) is 8.49. The molecule has 1 fully saturated rings. The first kappa shape index (κ1) is 18.5. The number of benzene rings is 1. The Bertz CT molecular complexity index is 889. The number of amides is 1. The van der Waals surface area contributed by atoms with Gasteiger partial charge in [-0.1, -0.05) is 6.07 Å². The van der Waals surface area contributed by atoms with Gasteiger partial charge in [0.2, 0.25) is 16.1 Å². The van der Waals surface area contributed by atoms with E-state index >= 15 is 0 Å². The van der Waals surface area contributed by atoms with Crippen molar-refractivity contribution < 1.29 is 17.8 Å². The van der Waals surface area contributed by atoms with Crippen LogP contribution < -0.4 is 9.88 Å². The monoisotopic (exact) mass is 374 g/mol. The molecule has 0 aliphatic carbocycles. The van der Waals surface area contributed by atoms with Crippen LogP contribution in [0.1, 0.15) is 31.5 Å². The molecule has 2 heterocycles. The van der Waals surface area contributed by atoms with Crippen LogP contribution in [-0.4, -0.2) is 31.7 Å². The molecular formula is C19H24N3O3S+. The lowest BCUT2D eigenvalue weighted by Crippen LogP contribution is -2.46. The highest BCUT2D eigenvalue weighted by Gasteiger charge is 2.27. The quantitative estimate of drug-likeness (QED) is 0.816. The number of nitrogens with one attached hydrogen (secondary N) is 1. The van der Waals surface area contributed by atoms with Gasteiger partial charge in [-0.2, -0.15) is 8.87 Å². The van der Waals surface area contributed by atoms with Gasteiger partial charge in [0.15, 0.2) is 11.9 Å². The predicted octanol–water partition coefficient (Wildman–Crippen LogP) is 2.27. The zero-order chi connectivity index (χ0) is 18.7. The fourth-order valence-corrected chi connectivity index (χ4v) is 4.65. The van der Waals surface area contributed by atoms with E-state index < -0.39 is 10.0 Å². The molecule has 0 bridgehead atoms. The molecule has 7 heteroatoms. The maximum absolute atomic E-state index is 12.5. The van der Waals surface area contributed by atoms with Crippen LogP contribution >= 0.6 is 0 Å². The molecule has 6 nitrogen and oxygen atoms in total. The maximum Gasteiger partial charge on any atom is 0.293 e. The standard InChI is InChI=1S/C19H23N3O3S/c1-15-7-3-4-14-22(15)16(2)19(23)20-17-8-10-18(11-9-17)26(24,25)21-12-5-6-13-21/h3-4,7-11,14,16H,5-6,12-13H2,1-2H3/p+1/t16-/m1/s1. The Balaban J connectivity index is 1.71. The number of hydrogen-bond acceptors (Lipinski definition) is 3. The molecule has 3 rings (SSSR count). The van der Waals surface area contributed by atoms with Crippen molar-refractivity contribution in [3.63, 3.8) is 0 Å². The van der Waals surface area contributed by atoms with E-state index in [2.05, 4.69) is 5.32 Å². The highest BCUT2D eigenvalue weighted by molar-refractivity contribution is 7.89. The first-order chi connectivity index (χ1) is 12.4. The van der Waals surface area contributed by atoms with Crippen LogP contribution in [0, 0.1) is 6.92 Å². The van der Waals surface area contributed by atoms with E-state index in [1.165, 1.54) is 4.31 Å². The summed E-state index contributed by atoms with van der Waals surface area (Å²) in [5.41, 5.74) is 1.57. The highest BCUT2D eigenvalue weighted by atomic mass is 32.2. The van der Waals surface area contributed by atoms with Gasteiger partial charge in [0.25, 0.3) is 5.91 Å². The maximum atomic E-state index is 12.5.